The molecule has 5 nitrogen and oxygen atoms in total. The predicted molar refractivity (Wildman–Crippen MR) is 102 cm³/mol. The highest BCUT2D eigenvalue weighted by atomic mass is 35.5. The van der Waals surface area contributed by atoms with Gasteiger partial charge in [-0.05, 0) is 36.8 Å². The van der Waals surface area contributed by atoms with E-state index in [1.54, 1.807) is 29.2 Å². The zero-order valence-corrected chi connectivity index (χ0v) is 15.7. The maximum Gasteiger partial charge on any atom is 0.258 e. The summed E-state index contributed by atoms with van der Waals surface area (Å²) in [5.74, 6) is 0.302. The van der Waals surface area contributed by atoms with Crippen LogP contribution in [0.15, 0.2) is 54.6 Å². The van der Waals surface area contributed by atoms with Crippen LogP contribution in [0.5, 0.6) is 5.75 Å². The lowest BCUT2D eigenvalue weighted by atomic mass is 10.1. The lowest BCUT2D eigenvalue weighted by Crippen LogP contribution is -2.40. The second-order valence-corrected chi connectivity index (χ2v) is 6.33. The molecule has 0 spiro atoms. The van der Waals surface area contributed by atoms with Gasteiger partial charge in [0.15, 0.2) is 6.61 Å². The van der Waals surface area contributed by atoms with E-state index in [1.165, 1.54) is 6.92 Å². The van der Waals surface area contributed by atoms with Crippen molar-refractivity contribution in [3.05, 3.63) is 65.2 Å². The standard InChI is InChI=1S/C20H23ClN2O3/c1-15(17-6-4-3-5-7-17)23(16(2)24)13-12-22-20(25)14-26-19-10-8-18(21)9-11-19/h3-11,15H,12-14H2,1-2H3,(H,22,25). The van der Waals surface area contributed by atoms with Gasteiger partial charge in [-0.1, -0.05) is 41.9 Å². The van der Waals surface area contributed by atoms with Crippen molar-refractivity contribution in [3.63, 3.8) is 0 Å². The summed E-state index contributed by atoms with van der Waals surface area (Å²) in [6, 6.07) is 16.5. The number of ether oxygens (including phenoxy) is 1. The number of hydrogen-bond acceptors (Lipinski definition) is 3. The first kappa shape index (κ1) is 19.8. The van der Waals surface area contributed by atoms with Gasteiger partial charge in [0.25, 0.3) is 5.91 Å². The number of carbonyl (C=O) groups is 2. The van der Waals surface area contributed by atoms with Gasteiger partial charge in [-0.2, -0.15) is 0 Å². The highest BCUT2D eigenvalue weighted by Crippen LogP contribution is 2.19. The molecule has 1 N–H and O–H groups in total. The first-order chi connectivity index (χ1) is 12.5. The number of carbonyl (C=O) groups excluding carboxylic acids is 2. The van der Waals surface area contributed by atoms with Crippen LogP contribution in [0, 0.1) is 0 Å². The number of halogens is 1. The number of rotatable bonds is 8. The highest BCUT2D eigenvalue weighted by Gasteiger charge is 2.18. The van der Waals surface area contributed by atoms with Crippen molar-refractivity contribution in [1.82, 2.24) is 10.2 Å². The van der Waals surface area contributed by atoms with E-state index in [0.717, 1.165) is 5.56 Å². The topological polar surface area (TPSA) is 58.6 Å². The zero-order valence-electron chi connectivity index (χ0n) is 14.9. The predicted octanol–water partition coefficient (Wildman–Crippen LogP) is 3.44. The van der Waals surface area contributed by atoms with Crippen molar-refractivity contribution in [1.29, 1.82) is 0 Å². The molecule has 0 radical (unpaired) electrons. The van der Waals surface area contributed by atoms with Crippen LogP contribution in [0.2, 0.25) is 5.02 Å². The number of amides is 2. The van der Waals surface area contributed by atoms with Gasteiger partial charge in [0.05, 0.1) is 6.04 Å². The normalized spacial score (nSPS) is 11.5. The third-order valence-corrected chi connectivity index (χ3v) is 4.26. The molecular formula is C20H23ClN2O3. The minimum atomic E-state index is -0.240. The molecule has 2 aromatic rings. The Morgan fingerprint density at radius 1 is 1.12 bits per heavy atom. The highest BCUT2D eigenvalue weighted by molar-refractivity contribution is 6.30. The molecular weight excluding hydrogens is 352 g/mol. The minimum Gasteiger partial charge on any atom is -0.484 e. The van der Waals surface area contributed by atoms with Crippen molar-refractivity contribution in [3.8, 4) is 5.75 Å². The molecule has 0 heterocycles. The van der Waals surface area contributed by atoms with Crippen LogP contribution >= 0.6 is 11.6 Å². The van der Waals surface area contributed by atoms with Crippen molar-refractivity contribution >= 4 is 23.4 Å². The van der Waals surface area contributed by atoms with Gasteiger partial charge in [-0.25, -0.2) is 0 Å². The van der Waals surface area contributed by atoms with Crippen LogP contribution in [0.4, 0.5) is 0 Å². The Morgan fingerprint density at radius 3 is 2.38 bits per heavy atom. The summed E-state index contributed by atoms with van der Waals surface area (Å²) in [5.41, 5.74) is 1.06. The summed E-state index contributed by atoms with van der Waals surface area (Å²) in [5, 5.41) is 3.38. The smallest absolute Gasteiger partial charge is 0.258 e. The molecule has 2 amide bonds. The fourth-order valence-corrected chi connectivity index (χ4v) is 2.71. The Balaban J connectivity index is 1.79. The third-order valence-electron chi connectivity index (χ3n) is 4.01. The fraction of sp³-hybridized carbons (Fsp3) is 0.300. The fourth-order valence-electron chi connectivity index (χ4n) is 2.58. The molecule has 0 aliphatic heterocycles. The van der Waals surface area contributed by atoms with Gasteiger partial charge in [0.1, 0.15) is 5.75 Å². The van der Waals surface area contributed by atoms with Crippen LogP contribution in [0.1, 0.15) is 25.5 Å². The maximum atomic E-state index is 12.0. The Morgan fingerprint density at radius 2 is 1.77 bits per heavy atom. The molecule has 0 fully saturated rings. The van der Waals surface area contributed by atoms with Gasteiger partial charge < -0.3 is 15.0 Å². The van der Waals surface area contributed by atoms with Crippen LogP contribution in [-0.2, 0) is 9.59 Å². The molecule has 6 heteroatoms. The molecule has 0 saturated heterocycles. The lowest BCUT2D eigenvalue weighted by Gasteiger charge is -2.28. The van der Waals surface area contributed by atoms with Gasteiger partial charge in [0, 0.05) is 25.0 Å². The summed E-state index contributed by atoms with van der Waals surface area (Å²) in [4.78, 5) is 25.6. The average molecular weight is 375 g/mol. The van der Waals surface area contributed by atoms with Gasteiger partial charge in [-0.15, -0.1) is 0 Å². The third kappa shape index (κ3) is 6.08. The molecule has 26 heavy (non-hydrogen) atoms. The largest absolute Gasteiger partial charge is 0.484 e. The Labute approximate surface area is 158 Å². The molecule has 138 valence electrons. The van der Waals surface area contributed by atoms with Crippen molar-refractivity contribution in [2.75, 3.05) is 19.7 Å². The summed E-state index contributed by atoms with van der Waals surface area (Å²) in [6.45, 7) is 4.21. The summed E-state index contributed by atoms with van der Waals surface area (Å²) in [7, 11) is 0. The van der Waals surface area contributed by atoms with Gasteiger partial charge in [-0.3, -0.25) is 9.59 Å². The lowest BCUT2D eigenvalue weighted by molar-refractivity contribution is -0.131. The number of hydrogen-bond donors (Lipinski definition) is 1. The Hall–Kier alpha value is -2.53. The Kier molecular flexibility index (Phi) is 7.48. The molecule has 1 unspecified atom stereocenters. The molecule has 0 aliphatic rings. The monoisotopic (exact) mass is 374 g/mol. The first-order valence-corrected chi connectivity index (χ1v) is 8.82. The molecule has 0 aliphatic carbocycles. The summed E-state index contributed by atoms with van der Waals surface area (Å²) >= 11 is 5.80. The van der Waals surface area contributed by atoms with E-state index in [4.69, 9.17) is 16.3 Å². The molecule has 0 aromatic heterocycles. The van der Waals surface area contributed by atoms with Crippen molar-refractivity contribution < 1.29 is 14.3 Å². The minimum absolute atomic E-state index is 0.0342. The van der Waals surface area contributed by atoms with Crippen LogP contribution < -0.4 is 10.1 Å². The van der Waals surface area contributed by atoms with E-state index >= 15 is 0 Å². The number of nitrogens with zero attached hydrogens (tertiary/aromatic N) is 1. The van der Waals surface area contributed by atoms with E-state index in [1.807, 2.05) is 37.3 Å². The molecule has 1 atom stereocenters. The SMILES string of the molecule is CC(=O)N(CCNC(=O)COc1ccc(Cl)cc1)C(C)c1ccccc1. The van der Waals surface area contributed by atoms with E-state index in [0.29, 0.717) is 23.9 Å². The zero-order chi connectivity index (χ0) is 18.9. The molecule has 2 aromatic carbocycles. The van der Waals surface area contributed by atoms with E-state index in [-0.39, 0.29) is 24.5 Å². The van der Waals surface area contributed by atoms with Gasteiger partial charge in [0.2, 0.25) is 5.91 Å². The van der Waals surface area contributed by atoms with Crippen LogP contribution in [0.3, 0.4) is 0 Å². The average Bonchev–Trinajstić information content (AvgIpc) is 2.64. The quantitative estimate of drug-likeness (QED) is 0.770. The van der Waals surface area contributed by atoms with E-state index in [9.17, 15) is 9.59 Å². The first-order valence-electron chi connectivity index (χ1n) is 8.44. The maximum absolute atomic E-state index is 12.0. The molecule has 0 bridgehead atoms. The summed E-state index contributed by atoms with van der Waals surface area (Å²) < 4.78 is 5.39. The van der Waals surface area contributed by atoms with Crippen LogP contribution in [0.25, 0.3) is 0 Å². The second kappa shape index (κ2) is 9.82. The van der Waals surface area contributed by atoms with Crippen molar-refractivity contribution in [2.24, 2.45) is 0 Å². The summed E-state index contributed by atoms with van der Waals surface area (Å²) in [6.07, 6.45) is 0. The molecule has 0 saturated carbocycles. The van der Waals surface area contributed by atoms with E-state index in [2.05, 4.69) is 5.32 Å². The number of nitrogens with one attached hydrogen (secondary N) is 1. The van der Waals surface area contributed by atoms with Crippen molar-refractivity contribution in [2.45, 2.75) is 19.9 Å². The number of benzene rings is 2. The van der Waals surface area contributed by atoms with Crippen LogP contribution in [-0.4, -0.2) is 36.4 Å². The van der Waals surface area contributed by atoms with Gasteiger partial charge >= 0.3 is 0 Å². The second-order valence-electron chi connectivity index (χ2n) is 5.89. The van der Waals surface area contributed by atoms with E-state index < -0.39 is 0 Å². The molecule has 2 rings (SSSR count). The Bertz CT molecular complexity index is 720.